The molecule has 1 aromatic carbocycles. The maximum atomic E-state index is 11.3. The number of carbonyl (C=O) groups excluding carboxylic acids is 2. The van der Waals surface area contributed by atoms with Crippen LogP contribution in [-0.4, -0.2) is 29.3 Å². The van der Waals surface area contributed by atoms with E-state index in [1.807, 2.05) is 6.07 Å². The molecular weight excluding hydrogens is 310 g/mol. The number of hydrogen-bond donors (Lipinski definition) is 4. The van der Waals surface area contributed by atoms with E-state index in [-0.39, 0.29) is 12.3 Å². The molecule has 0 aliphatic heterocycles. The van der Waals surface area contributed by atoms with Gasteiger partial charge in [0.05, 0.1) is 0 Å². The van der Waals surface area contributed by atoms with Crippen LogP contribution in [0.4, 0.5) is 0 Å². The van der Waals surface area contributed by atoms with Crippen molar-refractivity contribution >= 4 is 46.6 Å². The molecule has 116 valence electrons. The van der Waals surface area contributed by atoms with Crippen molar-refractivity contribution in [2.45, 2.75) is 12.3 Å². The van der Waals surface area contributed by atoms with Crippen LogP contribution < -0.4 is 11.5 Å². The molecule has 2 aromatic rings. The molecule has 0 saturated heterocycles. The highest BCUT2D eigenvalue weighted by Crippen LogP contribution is 2.26. The Morgan fingerprint density at radius 1 is 1.19 bits per heavy atom. The summed E-state index contributed by atoms with van der Waals surface area (Å²) in [6.07, 6.45) is -0.0712. The van der Waals surface area contributed by atoms with Crippen molar-refractivity contribution in [1.29, 1.82) is 0 Å². The summed E-state index contributed by atoms with van der Waals surface area (Å²) in [6, 6.07) is 7.13. The number of oxazole rings is 1. The predicted octanol–water partition coefficient (Wildman–Crippen LogP) is 1.36. The SMILES string of the molecule is CN.CN.O=C(S)CC(C(=O)S)c1nc2ccccc2o1. The number of nitrogens with zero attached hydrogens (tertiary/aromatic N) is 1. The van der Waals surface area contributed by atoms with Crippen molar-refractivity contribution in [1.82, 2.24) is 4.98 Å². The standard InChI is InChI=1S/C11H9NO3S2.2CH5N/c13-9(16)5-6(11(14)17)10-12-7-3-1-2-4-8(7)15-10;2*1-2/h1-4,6H,5H2,(H,13,16)(H,14,17);2*2H2,1H3. The van der Waals surface area contributed by atoms with Crippen LogP contribution in [0.5, 0.6) is 0 Å². The van der Waals surface area contributed by atoms with Gasteiger partial charge in [-0.05, 0) is 26.2 Å². The Kier molecular flexibility index (Phi) is 9.72. The summed E-state index contributed by atoms with van der Waals surface area (Å²) in [5.41, 5.74) is 10.2. The van der Waals surface area contributed by atoms with Gasteiger partial charge in [-0.2, -0.15) is 0 Å². The minimum absolute atomic E-state index is 0.0712. The third kappa shape index (κ3) is 5.88. The third-order valence-corrected chi connectivity index (χ3v) is 2.78. The minimum Gasteiger partial charge on any atom is -0.440 e. The smallest absolute Gasteiger partial charge is 0.207 e. The van der Waals surface area contributed by atoms with Crippen molar-refractivity contribution in [2.24, 2.45) is 11.5 Å². The van der Waals surface area contributed by atoms with Gasteiger partial charge in [0.1, 0.15) is 11.4 Å². The van der Waals surface area contributed by atoms with Crippen LogP contribution in [0.2, 0.25) is 0 Å². The fourth-order valence-corrected chi connectivity index (χ4v) is 1.88. The van der Waals surface area contributed by atoms with Crippen molar-refractivity contribution in [3.8, 4) is 0 Å². The number of fused-ring (bicyclic) bond motifs is 1. The molecule has 0 bridgehead atoms. The van der Waals surface area contributed by atoms with E-state index >= 15 is 0 Å². The normalized spacial score (nSPS) is 10.8. The molecule has 0 saturated carbocycles. The van der Waals surface area contributed by atoms with Gasteiger partial charge in [-0.15, -0.1) is 25.3 Å². The van der Waals surface area contributed by atoms with Gasteiger partial charge in [0.25, 0.3) is 0 Å². The number of hydrogen-bond acceptors (Lipinski definition) is 6. The van der Waals surface area contributed by atoms with E-state index in [4.69, 9.17) is 4.42 Å². The number of para-hydroxylation sites is 2. The summed E-state index contributed by atoms with van der Waals surface area (Å²) in [4.78, 5) is 26.5. The van der Waals surface area contributed by atoms with Crippen molar-refractivity contribution in [2.75, 3.05) is 14.1 Å². The highest BCUT2D eigenvalue weighted by atomic mass is 32.1. The average molecular weight is 329 g/mol. The van der Waals surface area contributed by atoms with Gasteiger partial charge in [0.15, 0.2) is 15.8 Å². The Labute approximate surface area is 134 Å². The lowest BCUT2D eigenvalue weighted by Gasteiger charge is -2.05. The molecule has 0 aliphatic rings. The molecule has 0 radical (unpaired) electrons. The summed E-state index contributed by atoms with van der Waals surface area (Å²) < 4.78 is 5.43. The summed E-state index contributed by atoms with van der Waals surface area (Å²) in [5.74, 6) is -0.579. The van der Waals surface area contributed by atoms with Crippen LogP contribution in [0.3, 0.4) is 0 Å². The van der Waals surface area contributed by atoms with Gasteiger partial charge in [-0.1, -0.05) is 12.1 Å². The Morgan fingerprint density at radius 3 is 2.24 bits per heavy atom. The number of thiol groups is 2. The second-order valence-electron chi connectivity index (χ2n) is 3.51. The maximum Gasteiger partial charge on any atom is 0.207 e. The molecule has 6 nitrogen and oxygen atoms in total. The van der Waals surface area contributed by atoms with E-state index in [0.717, 1.165) is 0 Å². The molecule has 1 aromatic heterocycles. The second-order valence-corrected chi connectivity index (χ2v) is 4.45. The van der Waals surface area contributed by atoms with E-state index in [9.17, 15) is 9.59 Å². The fraction of sp³-hybridized carbons (Fsp3) is 0.308. The molecule has 0 fully saturated rings. The lowest BCUT2D eigenvalue weighted by molar-refractivity contribution is -0.117. The molecular formula is C13H19N3O3S2. The third-order valence-electron chi connectivity index (χ3n) is 2.29. The van der Waals surface area contributed by atoms with Gasteiger partial charge in [0, 0.05) is 6.42 Å². The predicted molar refractivity (Wildman–Crippen MR) is 89.6 cm³/mol. The molecule has 0 aliphatic carbocycles. The highest BCUT2D eigenvalue weighted by Gasteiger charge is 2.25. The number of rotatable bonds is 4. The van der Waals surface area contributed by atoms with Crippen LogP contribution in [0.1, 0.15) is 18.2 Å². The number of nitrogens with two attached hydrogens (primary N) is 2. The summed E-state index contributed by atoms with van der Waals surface area (Å²) in [7, 11) is 3.00. The second kappa shape index (κ2) is 10.4. The molecule has 1 atom stereocenters. The first-order valence-electron chi connectivity index (χ1n) is 6.03. The minimum atomic E-state index is -0.782. The molecule has 8 heteroatoms. The van der Waals surface area contributed by atoms with E-state index in [2.05, 4.69) is 41.7 Å². The molecule has 1 heterocycles. The van der Waals surface area contributed by atoms with Crippen LogP contribution >= 0.6 is 25.3 Å². The zero-order valence-electron chi connectivity index (χ0n) is 11.8. The first kappa shape index (κ1) is 19.7. The first-order valence-corrected chi connectivity index (χ1v) is 6.93. The van der Waals surface area contributed by atoms with E-state index < -0.39 is 16.1 Å². The fourth-order valence-electron chi connectivity index (χ4n) is 1.49. The average Bonchev–Trinajstić information content (AvgIpc) is 2.92. The van der Waals surface area contributed by atoms with Gasteiger partial charge < -0.3 is 15.9 Å². The molecule has 0 spiro atoms. The van der Waals surface area contributed by atoms with Crippen molar-refractivity contribution < 1.29 is 14.0 Å². The molecule has 0 amide bonds. The largest absolute Gasteiger partial charge is 0.440 e. The zero-order chi connectivity index (χ0) is 16.4. The Balaban J connectivity index is 0.000000921. The summed E-state index contributed by atoms with van der Waals surface area (Å²) in [5, 5.41) is -0.862. The van der Waals surface area contributed by atoms with Gasteiger partial charge in [-0.25, -0.2) is 4.98 Å². The van der Waals surface area contributed by atoms with Crippen LogP contribution in [-0.2, 0) is 9.59 Å². The lowest BCUT2D eigenvalue weighted by atomic mass is 10.1. The zero-order valence-corrected chi connectivity index (χ0v) is 13.6. The maximum absolute atomic E-state index is 11.3. The molecule has 21 heavy (non-hydrogen) atoms. The Morgan fingerprint density at radius 2 is 1.76 bits per heavy atom. The van der Waals surface area contributed by atoms with Gasteiger partial charge >= 0.3 is 0 Å². The molecule has 1 unspecified atom stereocenters. The Hall–Kier alpha value is -1.35. The van der Waals surface area contributed by atoms with E-state index in [1.54, 1.807) is 18.2 Å². The van der Waals surface area contributed by atoms with Crippen LogP contribution in [0, 0.1) is 0 Å². The lowest BCUT2D eigenvalue weighted by Crippen LogP contribution is -2.10. The van der Waals surface area contributed by atoms with Crippen molar-refractivity contribution in [3.63, 3.8) is 0 Å². The summed E-state index contributed by atoms with van der Waals surface area (Å²) in [6.45, 7) is 0. The number of carbonyl (C=O) groups is 2. The topological polar surface area (TPSA) is 112 Å². The Bertz CT molecular complexity index is 554. The molecule has 4 N–H and O–H groups in total. The molecule has 2 rings (SSSR count). The van der Waals surface area contributed by atoms with E-state index in [0.29, 0.717) is 11.1 Å². The summed E-state index contributed by atoms with van der Waals surface area (Å²) >= 11 is 7.39. The number of benzene rings is 1. The van der Waals surface area contributed by atoms with Crippen molar-refractivity contribution in [3.05, 3.63) is 30.2 Å². The monoisotopic (exact) mass is 329 g/mol. The van der Waals surface area contributed by atoms with E-state index in [1.165, 1.54) is 14.1 Å². The van der Waals surface area contributed by atoms with Gasteiger partial charge in [-0.3, -0.25) is 9.59 Å². The van der Waals surface area contributed by atoms with Crippen LogP contribution in [0.25, 0.3) is 11.1 Å². The first-order chi connectivity index (χ1) is 10.1. The quantitative estimate of drug-likeness (QED) is 0.630. The highest BCUT2D eigenvalue weighted by molar-refractivity contribution is 7.97. The van der Waals surface area contributed by atoms with Gasteiger partial charge in [0.2, 0.25) is 5.89 Å². The van der Waals surface area contributed by atoms with Crippen LogP contribution in [0.15, 0.2) is 28.7 Å². The number of aromatic nitrogens is 1.